The van der Waals surface area contributed by atoms with E-state index in [4.69, 9.17) is 0 Å². The van der Waals surface area contributed by atoms with Gasteiger partial charge in [0.25, 0.3) is 5.91 Å². The molecule has 1 aromatic carbocycles. The molecule has 0 saturated carbocycles. The molecule has 0 aliphatic carbocycles. The summed E-state index contributed by atoms with van der Waals surface area (Å²) in [5.41, 5.74) is -1.30. The summed E-state index contributed by atoms with van der Waals surface area (Å²) in [6, 6.07) is 3.37. The Kier molecular flexibility index (Phi) is 3.82. The second-order valence-electron chi connectivity index (χ2n) is 5.35. The highest BCUT2D eigenvalue weighted by Crippen LogP contribution is 2.34. The van der Waals surface area contributed by atoms with Crippen LogP contribution in [0, 0.1) is 0 Å². The Morgan fingerprint density at radius 3 is 2.46 bits per heavy atom. The molecule has 4 amide bonds. The molecule has 0 radical (unpaired) electrons. The third kappa shape index (κ3) is 2.86. The zero-order valence-electron chi connectivity index (χ0n) is 12.2. The van der Waals surface area contributed by atoms with Crippen molar-refractivity contribution in [3.05, 3.63) is 29.8 Å². The van der Waals surface area contributed by atoms with E-state index in [0.717, 1.165) is 17.0 Å². The Bertz CT molecular complexity index is 685. The van der Waals surface area contributed by atoms with Crippen LogP contribution in [0.15, 0.2) is 24.3 Å². The highest BCUT2D eigenvalue weighted by molar-refractivity contribution is 5.99. The predicted octanol–water partition coefficient (Wildman–Crippen LogP) is 1.90. The number of urea groups is 1. The standard InChI is InChI=1S/C14H12F3N3O4/c15-14(16,17)9-3-1-2-4-10(9)18-12(22)19-5-8(6-19)20-11(21)7-24-13(20)23/h1-4,8H,5-7H2,(H,18,22). The highest BCUT2D eigenvalue weighted by Gasteiger charge is 2.44. The molecule has 7 nitrogen and oxygen atoms in total. The fraction of sp³-hybridized carbons (Fsp3) is 0.357. The van der Waals surface area contributed by atoms with Gasteiger partial charge in [0.1, 0.15) is 0 Å². The Balaban J connectivity index is 1.62. The number of likely N-dealkylation sites (tertiary alicyclic amines) is 1. The topological polar surface area (TPSA) is 79.0 Å². The van der Waals surface area contributed by atoms with Crippen molar-refractivity contribution in [2.45, 2.75) is 12.2 Å². The summed E-state index contributed by atoms with van der Waals surface area (Å²) >= 11 is 0. The van der Waals surface area contributed by atoms with Gasteiger partial charge in [-0.3, -0.25) is 4.79 Å². The van der Waals surface area contributed by atoms with E-state index in [2.05, 4.69) is 10.1 Å². The van der Waals surface area contributed by atoms with Gasteiger partial charge in [0.2, 0.25) is 0 Å². The van der Waals surface area contributed by atoms with Crippen molar-refractivity contribution in [2.24, 2.45) is 0 Å². The number of benzene rings is 1. The van der Waals surface area contributed by atoms with Crippen LogP contribution in [0.1, 0.15) is 5.56 Å². The molecule has 24 heavy (non-hydrogen) atoms. The summed E-state index contributed by atoms with van der Waals surface area (Å²) in [4.78, 5) is 37.0. The second-order valence-corrected chi connectivity index (χ2v) is 5.35. The smallest absolute Gasteiger partial charge is 0.418 e. The lowest BCUT2D eigenvalue weighted by Gasteiger charge is -2.41. The van der Waals surface area contributed by atoms with Crippen molar-refractivity contribution in [1.29, 1.82) is 0 Å². The molecule has 3 rings (SSSR count). The van der Waals surface area contributed by atoms with Gasteiger partial charge < -0.3 is 15.0 Å². The number of carbonyl (C=O) groups is 3. The first kappa shape index (κ1) is 16.1. The van der Waals surface area contributed by atoms with Gasteiger partial charge in [-0.1, -0.05) is 12.1 Å². The molecule has 0 unspecified atom stereocenters. The zero-order valence-corrected chi connectivity index (χ0v) is 12.2. The van der Waals surface area contributed by atoms with Crippen LogP contribution in [-0.4, -0.2) is 53.6 Å². The van der Waals surface area contributed by atoms with Crippen LogP contribution in [0.25, 0.3) is 0 Å². The van der Waals surface area contributed by atoms with Gasteiger partial charge in [-0.15, -0.1) is 0 Å². The van der Waals surface area contributed by atoms with Crippen molar-refractivity contribution >= 4 is 23.7 Å². The minimum atomic E-state index is -4.59. The first-order valence-corrected chi connectivity index (χ1v) is 6.98. The predicted molar refractivity (Wildman–Crippen MR) is 74.0 cm³/mol. The first-order valence-electron chi connectivity index (χ1n) is 6.98. The minimum absolute atomic E-state index is 0.0425. The molecule has 2 fully saturated rings. The normalized spacial score (nSPS) is 18.5. The second kappa shape index (κ2) is 5.69. The van der Waals surface area contributed by atoms with Crippen molar-refractivity contribution in [2.75, 3.05) is 25.0 Å². The monoisotopic (exact) mass is 343 g/mol. The molecule has 1 N–H and O–H groups in total. The maximum Gasteiger partial charge on any atom is 0.418 e. The quantitative estimate of drug-likeness (QED) is 0.890. The first-order chi connectivity index (χ1) is 11.3. The van der Waals surface area contributed by atoms with E-state index in [1.54, 1.807) is 0 Å². The van der Waals surface area contributed by atoms with Crippen LogP contribution in [0.3, 0.4) is 0 Å². The molecule has 0 spiro atoms. The molecule has 128 valence electrons. The highest BCUT2D eigenvalue weighted by atomic mass is 19.4. The van der Waals surface area contributed by atoms with E-state index in [0.29, 0.717) is 0 Å². The average molecular weight is 343 g/mol. The van der Waals surface area contributed by atoms with Gasteiger partial charge in [0.05, 0.1) is 17.3 Å². The van der Waals surface area contributed by atoms with E-state index >= 15 is 0 Å². The van der Waals surface area contributed by atoms with E-state index in [9.17, 15) is 27.6 Å². The molecule has 0 atom stereocenters. The van der Waals surface area contributed by atoms with Gasteiger partial charge in [0, 0.05) is 13.1 Å². The number of amides is 4. The summed E-state index contributed by atoms with van der Waals surface area (Å²) in [6.45, 7) is -0.248. The molecular formula is C14H12F3N3O4. The molecule has 1 aromatic rings. The summed E-state index contributed by atoms with van der Waals surface area (Å²) in [5.74, 6) is -0.493. The van der Waals surface area contributed by atoms with Gasteiger partial charge >= 0.3 is 18.3 Å². The van der Waals surface area contributed by atoms with Crippen molar-refractivity contribution in [3.8, 4) is 0 Å². The van der Waals surface area contributed by atoms with Crippen LogP contribution in [0.4, 0.5) is 28.4 Å². The number of imide groups is 1. The SMILES string of the molecule is O=C(Nc1ccccc1C(F)(F)F)N1CC(N2C(=O)COC2=O)C1. The molecule has 2 aliphatic heterocycles. The van der Waals surface area contributed by atoms with Gasteiger partial charge in [-0.05, 0) is 12.1 Å². The lowest BCUT2D eigenvalue weighted by atomic mass is 10.1. The Morgan fingerprint density at radius 1 is 1.21 bits per heavy atom. The van der Waals surface area contributed by atoms with Crippen LogP contribution < -0.4 is 5.32 Å². The van der Waals surface area contributed by atoms with Gasteiger partial charge in [0.15, 0.2) is 6.61 Å². The number of para-hydroxylation sites is 1. The molecule has 0 bridgehead atoms. The minimum Gasteiger partial charge on any atom is -0.439 e. The lowest BCUT2D eigenvalue weighted by Crippen LogP contribution is -2.63. The third-order valence-corrected chi connectivity index (χ3v) is 3.77. The van der Waals surface area contributed by atoms with Gasteiger partial charge in [-0.25, -0.2) is 14.5 Å². The number of nitrogens with zero attached hydrogens (tertiary/aromatic N) is 2. The average Bonchev–Trinajstić information content (AvgIpc) is 2.77. The van der Waals surface area contributed by atoms with E-state index in [1.165, 1.54) is 17.0 Å². The van der Waals surface area contributed by atoms with E-state index in [1.807, 2.05) is 0 Å². The fourth-order valence-electron chi connectivity index (χ4n) is 2.54. The molecular weight excluding hydrogens is 331 g/mol. The molecule has 0 aromatic heterocycles. The Labute approximate surface area is 134 Å². The maximum atomic E-state index is 12.9. The summed E-state index contributed by atoms with van der Waals surface area (Å²) < 4.78 is 43.2. The van der Waals surface area contributed by atoms with E-state index in [-0.39, 0.29) is 25.4 Å². The van der Waals surface area contributed by atoms with Crippen molar-refractivity contribution in [3.63, 3.8) is 0 Å². The number of carbonyl (C=O) groups excluding carboxylic acids is 3. The summed E-state index contributed by atoms with van der Waals surface area (Å²) in [5, 5.41) is 2.20. The third-order valence-electron chi connectivity index (χ3n) is 3.77. The number of halogens is 3. The van der Waals surface area contributed by atoms with Crippen LogP contribution in [-0.2, 0) is 15.7 Å². The van der Waals surface area contributed by atoms with Crippen molar-refractivity contribution in [1.82, 2.24) is 9.80 Å². The van der Waals surface area contributed by atoms with Gasteiger partial charge in [-0.2, -0.15) is 13.2 Å². The number of hydrogen-bond donors (Lipinski definition) is 1. The number of ether oxygens (including phenoxy) is 1. The van der Waals surface area contributed by atoms with Crippen LogP contribution >= 0.6 is 0 Å². The molecule has 2 saturated heterocycles. The Hall–Kier alpha value is -2.78. The number of anilines is 1. The Morgan fingerprint density at radius 2 is 1.88 bits per heavy atom. The number of hydrogen-bond acceptors (Lipinski definition) is 4. The largest absolute Gasteiger partial charge is 0.439 e. The van der Waals surface area contributed by atoms with Crippen LogP contribution in [0.2, 0.25) is 0 Å². The summed E-state index contributed by atoms with van der Waals surface area (Å²) in [7, 11) is 0. The zero-order chi connectivity index (χ0) is 17.5. The number of alkyl halides is 3. The number of rotatable bonds is 2. The lowest BCUT2D eigenvalue weighted by molar-refractivity contribution is -0.137. The molecule has 10 heteroatoms. The summed E-state index contributed by atoms with van der Waals surface area (Å²) in [6.07, 6.45) is -5.36. The fourth-order valence-corrected chi connectivity index (χ4v) is 2.54. The maximum absolute atomic E-state index is 12.9. The van der Waals surface area contributed by atoms with Crippen LogP contribution in [0.5, 0.6) is 0 Å². The van der Waals surface area contributed by atoms with Crippen molar-refractivity contribution < 1.29 is 32.3 Å². The van der Waals surface area contributed by atoms with E-state index < -0.39 is 35.8 Å². The molecule has 2 aliphatic rings. The number of nitrogens with one attached hydrogen (secondary N) is 1. The molecule has 2 heterocycles. The number of cyclic esters (lactones) is 1.